The number of hydrogen-bond acceptors (Lipinski definition) is 2. The van der Waals surface area contributed by atoms with Gasteiger partial charge in [-0.1, -0.05) is 36.4 Å². The van der Waals surface area contributed by atoms with Crippen molar-refractivity contribution in [2.75, 3.05) is 20.1 Å². The van der Waals surface area contributed by atoms with Gasteiger partial charge in [-0.25, -0.2) is 0 Å². The van der Waals surface area contributed by atoms with Crippen molar-refractivity contribution in [3.8, 4) is 5.75 Å². The lowest BCUT2D eigenvalue weighted by atomic mass is 10.1. The number of halogens is 3. The summed E-state index contributed by atoms with van der Waals surface area (Å²) in [5.41, 5.74) is 0.316. The fraction of sp³-hybridized carbons (Fsp3) is 0.300. The molecule has 134 valence electrons. The molecule has 0 fully saturated rings. The Balaban J connectivity index is 2.11. The molecule has 0 saturated carbocycles. The maximum Gasteiger partial charge on any atom is 0.416 e. The fourth-order valence-electron chi connectivity index (χ4n) is 2.50. The molecule has 0 saturated heterocycles. The summed E-state index contributed by atoms with van der Waals surface area (Å²) in [6.07, 6.45) is -2.03. The normalized spacial score (nSPS) is 12.8. The quantitative estimate of drug-likeness (QED) is 0.597. The molecule has 0 N–H and O–H groups in total. The van der Waals surface area contributed by atoms with E-state index in [1.165, 1.54) is 12.1 Å². The summed E-state index contributed by atoms with van der Waals surface area (Å²) in [5, 5.41) is 0. The number of rotatable bonds is 8. The first-order valence-corrected chi connectivity index (χ1v) is 8.08. The zero-order chi connectivity index (χ0) is 18.3. The second kappa shape index (κ2) is 8.72. The van der Waals surface area contributed by atoms with Crippen LogP contribution in [0, 0.1) is 0 Å². The van der Waals surface area contributed by atoms with Crippen LogP contribution in [0.15, 0.2) is 67.3 Å². The maximum absolute atomic E-state index is 12.7. The summed E-state index contributed by atoms with van der Waals surface area (Å²) in [4.78, 5) is 2.11. The van der Waals surface area contributed by atoms with Gasteiger partial charge in [-0.2, -0.15) is 13.2 Å². The second-order valence-corrected chi connectivity index (χ2v) is 5.88. The highest BCUT2D eigenvalue weighted by Gasteiger charge is 2.30. The first kappa shape index (κ1) is 19.1. The molecule has 0 aromatic heterocycles. The molecule has 0 aliphatic rings. The lowest BCUT2D eigenvalue weighted by Crippen LogP contribution is -2.22. The van der Waals surface area contributed by atoms with Crippen molar-refractivity contribution in [2.24, 2.45) is 0 Å². The van der Waals surface area contributed by atoms with E-state index in [0.717, 1.165) is 37.2 Å². The van der Waals surface area contributed by atoms with Crippen LogP contribution < -0.4 is 4.74 Å². The zero-order valence-corrected chi connectivity index (χ0v) is 14.2. The minimum absolute atomic E-state index is 0.231. The van der Waals surface area contributed by atoms with Crippen LogP contribution in [0.5, 0.6) is 5.75 Å². The third-order valence-electron chi connectivity index (χ3n) is 3.85. The summed E-state index contributed by atoms with van der Waals surface area (Å²) in [6, 6.07) is 14.5. The number of hydrogen-bond donors (Lipinski definition) is 0. The Morgan fingerprint density at radius 2 is 1.72 bits per heavy atom. The van der Waals surface area contributed by atoms with E-state index in [-0.39, 0.29) is 6.10 Å². The zero-order valence-electron chi connectivity index (χ0n) is 14.2. The van der Waals surface area contributed by atoms with Crippen LogP contribution in [0.25, 0.3) is 0 Å². The number of nitrogens with zero attached hydrogens (tertiary/aromatic N) is 1. The summed E-state index contributed by atoms with van der Waals surface area (Å²) in [5.74, 6) is 0.424. The molecule has 0 spiro atoms. The van der Waals surface area contributed by atoms with Crippen molar-refractivity contribution in [2.45, 2.75) is 18.7 Å². The standard InChI is InChI=1S/C20H22F3NO/c1-3-14-24(2)15-13-19(16-7-5-4-6-8-16)25-18-11-9-17(10-12-18)20(21,22)23/h3-12,19H,1,13-15H2,2H3. The average Bonchev–Trinajstić information content (AvgIpc) is 2.59. The summed E-state index contributed by atoms with van der Waals surface area (Å²) in [7, 11) is 1.99. The molecule has 0 radical (unpaired) electrons. The van der Waals surface area contributed by atoms with Gasteiger partial charge in [-0.15, -0.1) is 6.58 Å². The molecule has 25 heavy (non-hydrogen) atoms. The maximum atomic E-state index is 12.7. The van der Waals surface area contributed by atoms with Gasteiger partial charge in [-0.3, -0.25) is 0 Å². The van der Waals surface area contributed by atoms with Crippen LogP contribution in [-0.4, -0.2) is 25.0 Å². The van der Waals surface area contributed by atoms with Gasteiger partial charge < -0.3 is 9.64 Å². The van der Waals surface area contributed by atoms with Gasteiger partial charge in [0.25, 0.3) is 0 Å². The average molecular weight is 349 g/mol. The van der Waals surface area contributed by atoms with E-state index in [1.807, 2.05) is 43.5 Å². The van der Waals surface area contributed by atoms with Crippen LogP contribution in [-0.2, 0) is 6.18 Å². The molecular formula is C20H22F3NO. The lowest BCUT2D eigenvalue weighted by molar-refractivity contribution is -0.137. The van der Waals surface area contributed by atoms with Crippen molar-refractivity contribution in [1.82, 2.24) is 4.90 Å². The molecule has 0 aliphatic carbocycles. The molecule has 2 aromatic rings. The minimum Gasteiger partial charge on any atom is -0.486 e. The van der Waals surface area contributed by atoms with E-state index in [0.29, 0.717) is 5.75 Å². The van der Waals surface area contributed by atoms with Crippen LogP contribution in [0.3, 0.4) is 0 Å². The predicted molar refractivity (Wildman–Crippen MR) is 93.6 cm³/mol. The first-order chi connectivity index (χ1) is 11.9. The lowest BCUT2D eigenvalue weighted by Gasteiger charge is -2.23. The highest BCUT2D eigenvalue weighted by Crippen LogP contribution is 2.32. The van der Waals surface area contributed by atoms with Crippen LogP contribution in [0.2, 0.25) is 0 Å². The van der Waals surface area contributed by atoms with E-state index in [9.17, 15) is 13.2 Å². The molecular weight excluding hydrogens is 327 g/mol. The van der Waals surface area contributed by atoms with Gasteiger partial charge in [0.1, 0.15) is 11.9 Å². The monoisotopic (exact) mass is 349 g/mol. The molecule has 0 amide bonds. The first-order valence-electron chi connectivity index (χ1n) is 8.08. The number of likely N-dealkylation sites (N-methyl/N-ethyl adjacent to an activating group) is 1. The number of alkyl halides is 3. The summed E-state index contributed by atoms with van der Waals surface area (Å²) < 4.78 is 44.0. The van der Waals surface area contributed by atoms with Gasteiger partial charge in [-0.05, 0) is 36.9 Å². The van der Waals surface area contributed by atoms with E-state index >= 15 is 0 Å². The van der Waals surface area contributed by atoms with Crippen molar-refractivity contribution in [1.29, 1.82) is 0 Å². The number of ether oxygens (including phenoxy) is 1. The molecule has 0 bridgehead atoms. The van der Waals surface area contributed by atoms with Crippen molar-refractivity contribution in [3.63, 3.8) is 0 Å². The highest BCUT2D eigenvalue weighted by molar-refractivity contribution is 5.30. The molecule has 2 rings (SSSR count). The Kier molecular flexibility index (Phi) is 6.65. The van der Waals surface area contributed by atoms with Crippen molar-refractivity contribution < 1.29 is 17.9 Å². The molecule has 0 aliphatic heterocycles. The van der Waals surface area contributed by atoms with Crippen molar-refractivity contribution >= 4 is 0 Å². The summed E-state index contributed by atoms with van der Waals surface area (Å²) >= 11 is 0. The predicted octanol–water partition coefficient (Wildman–Crippen LogP) is 5.33. The molecule has 2 nitrogen and oxygen atoms in total. The highest BCUT2D eigenvalue weighted by atomic mass is 19.4. The minimum atomic E-state index is -4.34. The van der Waals surface area contributed by atoms with Crippen molar-refractivity contribution in [3.05, 3.63) is 78.4 Å². The van der Waals surface area contributed by atoms with E-state index in [2.05, 4.69) is 11.5 Å². The molecule has 0 heterocycles. The summed E-state index contributed by atoms with van der Waals surface area (Å²) in [6.45, 7) is 5.27. The third kappa shape index (κ3) is 5.94. The van der Waals surface area contributed by atoms with E-state index in [1.54, 1.807) is 0 Å². The van der Waals surface area contributed by atoms with E-state index in [4.69, 9.17) is 4.74 Å². The van der Waals surface area contributed by atoms with Crippen LogP contribution in [0.1, 0.15) is 23.7 Å². The largest absolute Gasteiger partial charge is 0.486 e. The molecule has 5 heteroatoms. The Hall–Kier alpha value is -2.27. The molecule has 2 aromatic carbocycles. The Bertz CT molecular complexity index is 653. The molecule has 1 atom stereocenters. The van der Waals surface area contributed by atoms with Gasteiger partial charge in [0.15, 0.2) is 0 Å². The third-order valence-corrected chi connectivity index (χ3v) is 3.85. The topological polar surface area (TPSA) is 12.5 Å². The fourth-order valence-corrected chi connectivity index (χ4v) is 2.50. The van der Waals surface area contributed by atoms with Crippen LogP contribution >= 0.6 is 0 Å². The Labute approximate surface area is 146 Å². The number of benzene rings is 2. The van der Waals surface area contributed by atoms with Gasteiger partial charge in [0, 0.05) is 19.5 Å². The SMILES string of the molecule is C=CCN(C)CCC(Oc1ccc(C(F)(F)F)cc1)c1ccccc1. The van der Waals surface area contributed by atoms with Gasteiger partial charge in [0.05, 0.1) is 5.56 Å². The molecule has 1 unspecified atom stereocenters. The smallest absolute Gasteiger partial charge is 0.416 e. The van der Waals surface area contributed by atoms with E-state index < -0.39 is 11.7 Å². The second-order valence-electron chi connectivity index (χ2n) is 5.88. The van der Waals surface area contributed by atoms with Gasteiger partial charge in [0.2, 0.25) is 0 Å². The van der Waals surface area contributed by atoms with Crippen LogP contribution in [0.4, 0.5) is 13.2 Å². The Morgan fingerprint density at radius 1 is 1.08 bits per heavy atom. The Morgan fingerprint density at radius 3 is 2.28 bits per heavy atom. The van der Waals surface area contributed by atoms with Gasteiger partial charge >= 0.3 is 6.18 Å².